The van der Waals surface area contributed by atoms with Crippen LogP contribution >= 0.6 is 0 Å². The zero-order chi connectivity index (χ0) is 13.5. The van der Waals surface area contributed by atoms with Crippen molar-refractivity contribution in [3.05, 3.63) is 59.8 Å². The van der Waals surface area contributed by atoms with Gasteiger partial charge in [0.1, 0.15) is 11.6 Å². The van der Waals surface area contributed by atoms with Gasteiger partial charge in [-0.25, -0.2) is 4.39 Å². The second kappa shape index (κ2) is 7.07. The molecular weight excluding hydrogens is 243 g/mol. The average molecular weight is 262 g/mol. The van der Waals surface area contributed by atoms with Gasteiger partial charge in [0.05, 0.1) is 12.8 Å². The fourth-order valence-corrected chi connectivity index (χ4v) is 1.89. The Kier molecular flexibility index (Phi) is 5.12. The lowest BCUT2D eigenvalue weighted by Crippen LogP contribution is -2.28. The van der Waals surface area contributed by atoms with E-state index >= 15 is 0 Å². The largest absolute Gasteiger partial charge is 0.468 e. The molecule has 1 aromatic carbocycles. The molecule has 0 aliphatic heterocycles. The molecule has 0 bridgehead atoms. The Bertz CT molecular complexity index is 485. The molecule has 0 unspecified atom stereocenters. The molecule has 102 valence electrons. The van der Waals surface area contributed by atoms with E-state index < -0.39 is 0 Å². The van der Waals surface area contributed by atoms with Crippen LogP contribution < -0.4 is 5.32 Å². The van der Waals surface area contributed by atoms with Gasteiger partial charge in [0.15, 0.2) is 0 Å². The Hall–Kier alpha value is -1.65. The first-order valence-electron chi connectivity index (χ1n) is 6.41. The highest BCUT2D eigenvalue weighted by molar-refractivity contribution is 5.16. The van der Waals surface area contributed by atoms with Gasteiger partial charge in [0.25, 0.3) is 0 Å². The molecule has 0 fully saturated rings. The van der Waals surface area contributed by atoms with E-state index in [0.717, 1.165) is 31.0 Å². The number of halogens is 1. The van der Waals surface area contributed by atoms with Crippen LogP contribution in [0.25, 0.3) is 0 Å². The number of hydrogen-bond acceptors (Lipinski definition) is 3. The Morgan fingerprint density at radius 2 is 2.05 bits per heavy atom. The van der Waals surface area contributed by atoms with E-state index in [-0.39, 0.29) is 5.82 Å². The predicted octanol–water partition coefficient (Wildman–Crippen LogP) is 2.64. The minimum atomic E-state index is -0.141. The first-order chi connectivity index (χ1) is 9.25. The van der Waals surface area contributed by atoms with Gasteiger partial charge in [-0.05, 0) is 25.2 Å². The zero-order valence-electron chi connectivity index (χ0n) is 11.1. The van der Waals surface area contributed by atoms with Gasteiger partial charge in [-0.1, -0.05) is 18.2 Å². The average Bonchev–Trinajstić information content (AvgIpc) is 2.91. The van der Waals surface area contributed by atoms with Gasteiger partial charge in [-0.3, -0.25) is 0 Å². The molecule has 2 rings (SSSR count). The van der Waals surface area contributed by atoms with Crippen molar-refractivity contribution in [3.8, 4) is 0 Å². The summed E-state index contributed by atoms with van der Waals surface area (Å²) in [5.74, 6) is 0.787. The van der Waals surface area contributed by atoms with Crippen molar-refractivity contribution in [1.82, 2.24) is 10.2 Å². The van der Waals surface area contributed by atoms with Crippen molar-refractivity contribution in [3.63, 3.8) is 0 Å². The van der Waals surface area contributed by atoms with Crippen LogP contribution in [0, 0.1) is 5.82 Å². The molecule has 19 heavy (non-hydrogen) atoms. The molecule has 1 N–H and O–H groups in total. The third kappa shape index (κ3) is 4.50. The third-order valence-corrected chi connectivity index (χ3v) is 2.95. The summed E-state index contributed by atoms with van der Waals surface area (Å²) in [5.41, 5.74) is 0.732. The number of nitrogens with one attached hydrogen (secondary N) is 1. The first-order valence-corrected chi connectivity index (χ1v) is 6.41. The van der Waals surface area contributed by atoms with Crippen molar-refractivity contribution < 1.29 is 8.81 Å². The van der Waals surface area contributed by atoms with E-state index in [1.807, 2.05) is 31.3 Å². The highest BCUT2D eigenvalue weighted by atomic mass is 19.1. The molecule has 0 saturated heterocycles. The van der Waals surface area contributed by atoms with Crippen LogP contribution in [0.3, 0.4) is 0 Å². The van der Waals surface area contributed by atoms with E-state index in [1.165, 1.54) is 6.07 Å². The number of likely N-dealkylation sites (N-methyl/N-ethyl adjacent to an activating group) is 1. The predicted molar refractivity (Wildman–Crippen MR) is 73.1 cm³/mol. The number of furan rings is 1. The third-order valence-electron chi connectivity index (χ3n) is 2.95. The Morgan fingerprint density at radius 1 is 1.21 bits per heavy atom. The van der Waals surface area contributed by atoms with Crippen LogP contribution in [-0.2, 0) is 13.1 Å². The van der Waals surface area contributed by atoms with Crippen LogP contribution in [-0.4, -0.2) is 25.0 Å². The van der Waals surface area contributed by atoms with Gasteiger partial charge in [-0.2, -0.15) is 0 Å². The zero-order valence-corrected chi connectivity index (χ0v) is 11.1. The molecular formula is C15H19FN2O. The standard InChI is InChI=1S/C15H19FN2O/c1-18(12-13-5-2-3-7-15(13)16)9-8-17-11-14-6-4-10-19-14/h2-7,10,17H,8-9,11-12H2,1H3. The topological polar surface area (TPSA) is 28.4 Å². The maximum absolute atomic E-state index is 13.5. The highest BCUT2D eigenvalue weighted by Crippen LogP contribution is 2.08. The normalized spacial score (nSPS) is 11.1. The molecule has 3 nitrogen and oxygen atoms in total. The van der Waals surface area contributed by atoms with Crippen LogP contribution in [0.5, 0.6) is 0 Å². The molecule has 4 heteroatoms. The van der Waals surface area contributed by atoms with Gasteiger partial charge >= 0.3 is 0 Å². The molecule has 0 aliphatic rings. The Morgan fingerprint density at radius 3 is 2.79 bits per heavy atom. The maximum Gasteiger partial charge on any atom is 0.127 e. The van der Waals surface area contributed by atoms with Gasteiger partial charge < -0.3 is 14.6 Å². The minimum Gasteiger partial charge on any atom is -0.468 e. The number of hydrogen-bond donors (Lipinski definition) is 1. The SMILES string of the molecule is CN(CCNCc1ccco1)Cc1ccccc1F. The molecule has 0 saturated carbocycles. The number of rotatable bonds is 7. The maximum atomic E-state index is 13.5. The molecule has 0 spiro atoms. The van der Waals surface area contributed by atoms with E-state index in [9.17, 15) is 4.39 Å². The van der Waals surface area contributed by atoms with Gasteiger partial charge in [-0.15, -0.1) is 0 Å². The monoisotopic (exact) mass is 262 g/mol. The van der Waals surface area contributed by atoms with Crippen molar-refractivity contribution in [2.75, 3.05) is 20.1 Å². The number of nitrogens with zero attached hydrogens (tertiary/aromatic N) is 1. The summed E-state index contributed by atoms with van der Waals surface area (Å²) >= 11 is 0. The molecule has 2 aromatic rings. The lowest BCUT2D eigenvalue weighted by Gasteiger charge is -2.17. The van der Waals surface area contributed by atoms with E-state index in [2.05, 4.69) is 10.2 Å². The van der Waals surface area contributed by atoms with Crippen LogP contribution in [0.15, 0.2) is 47.1 Å². The second-order valence-electron chi connectivity index (χ2n) is 4.59. The summed E-state index contributed by atoms with van der Waals surface area (Å²) in [5, 5.41) is 3.29. The first kappa shape index (κ1) is 13.8. The van der Waals surface area contributed by atoms with Crippen molar-refractivity contribution in [2.24, 2.45) is 0 Å². The van der Waals surface area contributed by atoms with Crippen molar-refractivity contribution in [1.29, 1.82) is 0 Å². The van der Waals surface area contributed by atoms with E-state index in [4.69, 9.17) is 4.42 Å². The van der Waals surface area contributed by atoms with Crippen molar-refractivity contribution >= 4 is 0 Å². The molecule has 0 aliphatic carbocycles. The Labute approximate surface area is 113 Å². The summed E-state index contributed by atoms with van der Waals surface area (Å²) in [6.45, 7) is 3.04. The summed E-state index contributed by atoms with van der Waals surface area (Å²) < 4.78 is 18.7. The molecule has 0 radical (unpaired) electrons. The smallest absolute Gasteiger partial charge is 0.127 e. The molecule has 0 amide bonds. The summed E-state index contributed by atoms with van der Waals surface area (Å²) in [6.07, 6.45) is 1.67. The quantitative estimate of drug-likeness (QED) is 0.778. The molecule has 0 atom stereocenters. The fourth-order valence-electron chi connectivity index (χ4n) is 1.89. The van der Waals surface area contributed by atoms with Crippen LogP contribution in [0.1, 0.15) is 11.3 Å². The van der Waals surface area contributed by atoms with Crippen molar-refractivity contribution in [2.45, 2.75) is 13.1 Å². The van der Waals surface area contributed by atoms with Crippen LogP contribution in [0.2, 0.25) is 0 Å². The van der Waals surface area contributed by atoms with Gasteiger partial charge in [0.2, 0.25) is 0 Å². The summed E-state index contributed by atoms with van der Waals surface area (Å²) in [7, 11) is 1.99. The summed E-state index contributed by atoms with van der Waals surface area (Å²) in [4.78, 5) is 2.09. The minimum absolute atomic E-state index is 0.141. The Balaban J connectivity index is 1.67. The second-order valence-corrected chi connectivity index (χ2v) is 4.59. The highest BCUT2D eigenvalue weighted by Gasteiger charge is 2.04. The lowest BCUT2D eigenvalue weighted by atomic mass is 10.2. The molecule has 1 aromatic heterocycles. The molecule has 1 heterocycles. The van der Waals surface area contributed by atoms with E-state index in [1.54, 1.807) is 12.3 Å². The van der Waals surface area contributed by atoms with Crippen LogP contribution in [0.4, 0.5) is 4.39 Å². The van der Waals surface area contributed by atoms with E-state index in [0.29, 0.717) is 6.54 Å². The summed E-state index contributed by atoms with van der Waals surface area (Å²) in [6, 6.07) is 10.7. The fraction of sp³-hybridized carbons (Fsp3) is 0.333. The lowest BCUT2D eigenvalue weighted by molar-refractivity contribution is 0.316. The number of benzene rings is 1. The van der Waals surface area contributed by atoms with Gasteiger partial charge in [0, 0.05) is 25.2 Å².